The SMILES string of the molecule is CC(C)c1cc(C(=O)O)ccc1OC(F)F. The van der Waals surface area contributed by atoms with Gasteiger partial charge in [0.2, 0.25) is 0 Å². The zero-order chi connectivity index (χ0) is 12.3. The molecule has 0 saturated heterocycles. The normalized spacial score (nSPS) is 10.9. The highest BCUT2D eigenvalue weighted by molar-refractivity contribution is 5.88. The van der Waals surface area contributed by atoms with Gasteiger partial charge in [0.1, 0.15) is 5.75 Å². The molecule has 0 aliphatic heterocycles. The Hall–Kier alpha value is -1.65. The Kier molecular flexibility index (Phi) is 3.82. The average molecular weight is 230 g/mol. The summed E-state index contributed by atoms with van der Waals surface area (Å²) in [5, 5.41) is 8.77. The Morgan fingerprint density at radius 1 is 1.38 bits per heavy atom. The van der Waals surface area contributed by atoms with Crippen molar-refractivity contribution in [3.05, 3.63) is 29.3 Å². The van der Waals surface area contributed by atoms with E-state index in [0.717, 1.165) is 0 Å². The molecule has 88 valence electrons. The van der Waals surface area contributed by atoms with E-state index in [2.05, 4.69) is 4.74 Å². The van der Waals surface area contributed by atoms with Gasteiger partial charge in [-0.1, -0.05) is 13.8 Å². The number of rotatable bonds is 4. The highest BCUT2D eigenvalue weighted by atomic mass is 19.3. The van der Waals surface area contributed by atoms with Crippen LogP contribution >= 0.6 is 0 Å². The Balaban J connectivity index is 3.14. The van der Waals surface area contributed by atoms with Crippen molar-refractivity contribution in [3.8, 4) is 5.75 Å². The van der Waals surface area contributed by atoms with Gasteiger partial charge in [-0.15, -0.1) is 0 Å². The minimum Gasteiger partial charge on any atom is -0.478 e. The summed E-state index contributed by atoms with van der Waals surface area (Å²) in [5.74, 6) is -1.16. The van der Waals surface area contributed by atoms with Gasteiger partial charge in [-0.05, 0) is 29.7 Å². The molecule has 0 unspecified atom stereocenters. The number of halogens is 2. The van der Waals surface area contributed by atoms with E-state index in [0.29, 0.717) is 5.56 Å². The van der Waals surface area contributed by atoms with E-state index >= 15 is 0 Å². The molecular formula is C11H12F2O3. The first kappa shape index (κ1) is 12.4. The number of carboxylic acid groups (broad SMARTS) is 1. The van der Waals surface area contributed by atoms with Crippen LogP contribution in [0, 0.1) is 0 Å². The smallest absolute Gasteiger partial charge is 0.387 e. The third-order valence-electron chi connectivity index (χ3n) is 2.09. The van der Waals surface area contributed by atoms with Crippen LogP contribution in [0.15, 0.2) is 18.2 Å². The molecule has 0 amide bonds. The topological polar surface area (TPSA) is 46.5 Å². The Morgan fingerprint density at radius 3 is 2.44 bits per heavy atom. The first-order valence-corrected chi connectivity index (χ1v) is 4.74. The molecule has 0 bridgehead atoms. The second kappa shape index (κ2) is 4.92. The lowest BCUT2D eigenvalue weighted by Gasteiger charge is -2.13. The molecule has 0 aromatic heterocycles. The lowest BCUT2D eigenvalue weighted by atomic mass is 9.99. The monoisotopic (exact) mass is 230 g/mol. The van der Waals surface area contributed by atoms with Gasteiger partial charge in [-0.3, -0.25) is 0 Å². The number of benzene rings is 1. The number of hydrogen-bond acceptors (Lipinski definition) is 2. The van der Waals surface area contributed by atoms with Crippen molar-refractivity contribution in [2.24, 2.45) is 0 Å². The number of ether oxygens (including phenoxy) is 1. The summed E-state index contributed by atoms with van der Waals surface area (Å²) < 4.78 is 28.5. The fourth-order valence-corrected chi connectivity index (χ4v) is 1.34. The second-order valence-corrected chi connectivity index (χ2v) is 3.59. The maximum atomic E-state index is 12.1. The van der Waals surface area contributed by atoms with Crippen molar-refractivity contribution in [2.75, 3.05) is 0 Å². The second-order valence-electron chi connectivity index (χ2n) is 3.59. The van der Waals surface area contributed by atoms with Gasteiger partial charge in [0, 0.05) is 0 Å². The van der Waals surface area contributed by atoms with Gasteiger partial charge in [0.05, 0.1) is 5.56 Å². The molecule has 0 atom stereocenters. The molecule has 16 heavy (non-hydrogen) atoms. The summed E-state index contributed by atoms with van der Waals surface area (Å²) >= 11 is 0. The Labute approximate surface area is 91.7 Å². The van der Waals surface area contributed by atoms with Crippen LogP contribution in [0.25, 0.3) is 0 Å². The summed E-state index contributed by atoms with van der Waals surface area (Å²) in [7, 11) is 0. The standard InChI is InChI=1S/C11H12F2O3/c1-6(2)8-5-7(10(14)15)3-4-9(8)16-11(12)13/h3-6,11H,1-2H3,(H,14,15). The van der Waals surface area contributed by atoms with Crippen LogP contribution in [0.1, 0.15) is 35.7 Å². The van der Waals surface area contributed by atoms with Gasteiger partial charge in [-0.2, -0.15) is 8.78 Å². The summed E-state index contributed by atoms with van der Waals surface area (Å²) in [6.07, 6.45) is 0. The molecule has 0 aliphatic carbocycles. The van der Waals surface area contributed by atoms with Crippen LogP contribution in [-0.4, -0.2) is 17.7 Å². The molecule has 1 N–H and O–H groups in total. The van der Waals surface area contributed by atoms with E-state index in [4.69, 9.17) is 5.11 Å². The Bertz CT molecular complexity index is 389. The quantitative estimate of drug-likeness (QED) is 0.864. The van der Waals surface area contributed by atoms with Crippen LogP contribution in [0.5, 0.6) is 5.75 Å². The molecule has 0 fully saturated rings. The largest absolute Gasteiger partial charge is 0.478 e. The molecule has 5 heteroatoms. The van der Waals surface area contributed by atoms with Gasteiger partial charge in [0.25, 0.3) is 0 Å². The maximum absolute atomic E-state index is 12.1. The number of carboxylic acids is 1. The molecule has 3 nitrogen and oxygen atoms in total. The first-order valence-electron chi connectivity index (χ1n) is 4.74. The minimum absolute atomic E-state index is 0.0231. The van der Waals surface area contributed by atoms with Crippen LogP contribution in [0.2, 0.25) is 0 Å². The molecule has 1 rings (SSSR count). The van der Waals surface area contributed by atoms with Crippen LogP contribution in [0.4, 0.5) is 8.78 Å². The molecule has 1 aromatic carbocycles. The highest BCUT2D eigenvalue weighted by Crippen LogP contribution is 2.28. The zero-order valence-corrected chi connectivity index (χ0v) is 8.91. The fourth-order valence-electron chi connectivity index (χ4n) is 1.34. The molecule has 0 radical (unpaired) electrons. The number of alkyl halides is 2. The molecule has 0 aliphatic rings. The van der Waals surface area contributed by atoms with Crippen LogP contribution < -0.4 is 4.74 Å². The zero-order valence-electron chi connectivity index (χ0n) is 8.91. The van der Waals surface area contributed by atoms with E-state index in [1.165, 1.54) is 18.2 Å². The summed E-state index contributed by atoms with van der Waals surface area (Å²) in [6, 6.07) is 3.85. The van der Waals surface area contributed by atoms with Gasteiger partial charge in [-0.25, -0.2) is 4.79 Å². The van der Waals surface area contributed by atoms with E-state index in [1.807, 2.05) is 0 Å². The van der Waals surface area contributed by atoms with E-state index in [9.17, 15) is 13.6 Å². The van der Waals surface area contributed by atoms with Crippen LogP contribution in [0.3, 0.4) is 0 Å². The van der Waals surface area contributed by atoms with Gasteiger partial charge >= 0.3 is 12.6 Å². The lowest BCUT2D eigenvalue weighted by molar-refractivity contribution is -0.0505. The highest BCUT2D eigenvalue weighted by Gasteiger charge is 2.14. The lowest BCUT2D eigenvalue weighted by Crippen LogP contribution is -2.07. The maximum Gasteiger partial charge on any atom is 0.387 e. The van der Waals surface area contributed by atoms with Crippen molar-refractivity contribution in [3.63, 3.8) is 0 Å². The molecule has 0 saturated carbocycles. The van der Waals surface area contributed by atoms with Crippen molar-refractivity contribution < 1.29 is 23.4 Å². The predicted octanol–water partition coefficient (Wildman–Crippen LogP) is 3.11. The predicted molar refractivity (Wildman–Crippen MR) is 54.1 cm³/mol. The third-order valence-corrected chi connectivity index (χ3v) is 2.09. The van der Waals surface area contributed by atoms with Crippen molar-refractivity contribution in [2.45, 2.75) is 26.4 Å². The van der Waals surface area contributed by atoms with E-state index in [-0.39, 0.29) is 17.2 Å². The molecule has 0 heterocycles. The van der Waals surface area contributed by atoms with Crippen LogP contribution in [-0.2, 0) is 0 Å². The third kappa shape index (κ3) is 2.92. The van der Waals surface area contributed by atoms with Crippen molar-refractivity contribution >= 4 is 5.97 Å². The van der Waals surface area contributed by atoms with Gasteiger partial charge in [0.15, 0.2) is 0 Å². The first-order chi connectivity index (χ1) is 7.41. The summed E-state index contributed by atoms with van der Waals surface area (Å²) in [4.78, 5) is 10.7. The fraction of sp³-hybridized carbons (Fsp3) is 0.364. The number of aromatic carboxylic acids is 1. The van der Waals surface area contributed by atoms with Gasteiger partial charge < -0.3 is 9.84 Å². The van der Waals surface area contributed by atoms with Crippen molar-refractivity contribution in [1.82, 2.24) is 0 Å². The average Bonchev–Trinajstić information content (AvgIpc) is 2.16. The molecular weight excluding hydrogens is 218 g/mol. The van der Waals surface area contributed by atoms with Crippen molar-refractivity contribution in [1.29, 1.82) is 0 Å². The molecule has 0 spiro atoms. The Morgan fingerprint density at radius 2 is 2.00 bits per heavy atom. The summed E-state index contributed by atoms with van der Waals surface area (Å²) in [5.41, 5.74) is 0.519. The van der Waals surface area contributed by atoms with E-state index < -0.39 is 12.6 Å². The number of carbonyl (C=O) groups is 1. The molecule has 1 aromatic rings. The minimum atomic E-state index is -2.91. The number of hydrogen-bond donors (Lipinski definition) is 1. The van der Waals surface area contributed by atoms with E-state index in [1.54, 1.807) is 13.8 Å². The summed E-state index contributed by atoms with van der Waals surface area (Å²) in [6.45, 7) is 0.645.